The van der Waals surface area contributed by atoms with Crippen LogP contribution in [0.2, 0.25) is 0 Å². The van der Waals surface area contributed by atoms with Crippen LogP contribution in [-0.2, 0) is 6.42 Å². The number of nitrogens with zero attached hydrogens (tertiary/aromatic N) is 3. The number of pyridine rings is 1. The van der Waals surface area contributed by atoms with Crippen LogP contribution in [0.3, 0.4) is 0 Å². The first kappa shape index (κ1) is 39.4. The van der Waals surface area contributed by atoms with Gasteiger partial charge in [0.1, 0.15) is 28.4 Å². The second-order valence-corrected chi connectivity index (χ2v) is 12.9. The van der Waals surface area contributed by atoms with Crippen molar-refractivity contribution in [1.82, 2.24) is 9.38 Å². The minimum Gasteiger partial charge on any atom is -0.507 e. The summed E-state index contributed by atoms with van der Waals surface area (Å²) in [6.45, 7) is 8.41. The van der Waals surface area contributed by atoms with E-state index in [9.17, 15) is 19.8 Å². The Hall–Kier alpha value is -5.38. The number of aliphatic hydroxyl groups is 1. The lowest BCUT2D eigenvalue weighted by atomic mass is 9.97. The number of aromatic nitrogens is 2. The van der Waals surface area contributed by atoms with Gasteiger partial charge >= 0.3 is 0 Å². The summed E-state index contributed by atoms with van der Waals surface area (Å²) in [4.78, 5) is 32.7. The van der Waals surface area contributed by atoms with E-state index in [4.69, 9.17) is 4.74 Å². The number of aryl methyl sites for hydroxylation is 2. The molecule has 7 rings (SSSR count). The molecule has 3 heterocycles. The Kier molecular flexibility index (Phi) is 13.1. The van der Waals surface area contributed by atoms with E-state index in [1.165, 1.54) is 11.9 Å². The van der Waals surface area contributed by atoms with Gasteiger partial charge in [-0.15, -0.1) is 11.6 Å². The number of carbonyl (C=O) groups excluding carboxylic acids is 2. The third-order valence-electron chi connectivity index (χ3n) is 8.65. The Morgan fingerprint density at radius 3 is 2.31 bits per heavy atom. The van der Waals surface area contributed by atoms with Gasteiger partial charge in [-0.1, -0.05) is 61.5 Å². The van der Waals surface area contributed by atoms with Crippen molar-refractivity contribution < 1.29 is 24.5 Å². The molecule has 10 heteroatoms. The van der Waals surface area contributed by atoms with Gasteiger partial charge in [0, 0.05) is 55.4 Å². The van der Waals surface area contributed by atoms with Gasteiger partial charge in [0.05, 0.1) is 11.4 Å². The van der Waals surface area contributed by atoms with E-state index in [0.29, 0.717) is 47.7 Å². The zero-order chi connectivity index (χ0) is 36.7. The number of benzene rings is 4. The fourth-order valence-corrected chi connectivity index (χ4v) is 6.11. The van der Waals surface area contributed by atoms with Crippen molar-refractivity contribution in [3.8, 4) is 11.5 Å². The Labute approximate surface area is 310 Å². The van der Waals surface area contributed by atoms with Crippen molar-refractivity contribution in [2.24, 2.45) is 0 Å². The number of halogens is 1. The molecule has 1 aliphatic rings. The number of amides is 2. The molecule has 4 aromatic carbocycles. The highest BCUT2D eigenvalue weighted by Gasteiger charge is 2.30. The van der Waals surface area contributed by atoms with Crippen LogP contribution in [0.15, 0.2) is 103 Å². The smallest absolute Gasteiger partial charge is 0.278 e. The quantitative estimate of drug-likeness (QED) is 0.142. The van der Waals surface area contributed by atoms with Gasteiger partial charge in [-0.05, 0) is 87.0 Å². The third kappa shape index (κ3) is 8.91. The molecule has 0 fully saturated rings. The van der Waals surface area contributed by atoms with Crippen LogP contribution in [-0.4, -0.2) is 56.5 Å². The van der Waals surface area contributed by atoms with E-state index < -0.39 is 5.60 Å². The molecule has 6 aromatic rings. The molecule has 0 aliphatic carbocycles. The van der Waals surface area contributed by atoms with Crippen LogP contribution in [0.4, 0.5) is 11.4 Å². The van der Waals surface area contributed by atoms with Crippen molar-refractivity contribution in [2.45, 2.75) is 53.6 Å². The number of alkyl halides is 1. The van der Waals surface area contributed by atoms with Crippen molar-refractivity contribution in [3.63, 3.8) is 0 Å². The molecule has 0 bridgehead atoms. The van der Waals surface area contributed by atoms with Gasteiger partial charge in [-0.3, -0.25) is 9.59 Å². The first-order valence-corrected chi connectivity index (χ1v) is 17.4. The van der Waals surface area contributed by atoms with E-state index >= 15 is 0 Å². The Bertz CT molecular complexity index is 2150. The summed E-state index contributed by atoms with van der Waals surface area (Å²) in [5, 5.41) is 24.6. The van der Waals surface area contributed by atoms with Gasteiger partial charge < -0.3 is 29.6 Å². The van der Waals surface area contributed by atoms with Crippen LogP contribution >= 0.6 is 11.6 Å². The average molecular weight is 723 g/mol. The highest BCUT2D eigenvalue weighted by atomic mass is 35.5. The number of hydrogen-bond acceptors (Lipinski definition) is 6. The number of aromatic hydroxyl groups is 1. The normalized spacial score (nSPS) is 11.8. The van der Waals surface area contributed by atoms with E-state index in [2.05, 4.69) is 41.0 Å². The zero-order valence-corrected chi connectivity index (χ0v) is 30.2. The Morgan fingerprint density at radius 1 is 0.942 bits per heavy atom. The summed E-state index contributed by atoms with van der Waals surface area (Å²) in [6.07, 6.45) is 6.02. The fourth-order valence-electron chi connectivity index (χ4n) is 6.11. The predicted molar refractivity (Wildman–Crippen MR) is 211 cm³/mol. The summed E-state index contributed by atoms with van der Waals surface area (Å²) in [7, 11) is 0. The monoisotopic (exact) mass is 722 g/mol. The van der Waals surface area contributed by atoms with Crippen LogP contribution in [0, 0.1) is 13.8 Å². The average Bonchev–Trinajstić information content (AvgIpc) is 3.74. The van der Waals surface area contributed by atoms with E-state index in [-0.39, 0.29) is 37.3 Å². The summed E-state index contributed by atoms with van der Waals surface area (Å²) in [5.74, 6) is 0.221. The molecule has 1 aliphatic heterocycles. The number of phenols is 1. The van der Waals surface area contributed by atoms with Gasteiger partial charge in [-0.25, -0.2) is 4.98 Å². The number of phenolic OH excluding ortho intramolecular Hbond substituents is 1. The van der Waals surface area contributed by atoms with Crippen molar-refractivity contribution >= 4 is 51.2 Å². The second kappa shape index (κ2) is 17.2. The number of fused-ring (bicyclic) bond motifs is 4. The largest absolute Gasteiger partial charge is 0.507 e. The molecule has 2 amide bonds. The molecule has 0 saturated heterocycles. The highest BCUT2D eigenvalue weighted by molar-refractivity contribution is 6.15. The molecular formula is C42H47ClN4O5. The molecule has 2 aromatic heterocycles. The van der Waals surface area contributed by atoms with Gasteiger partial charge in [0.2, 0.25) is 0 Å². The minimum absolute atomic E-state index is 0. The first-order valence-electron chi connectivity index (χ1n) is 16.7. The molecule has 0 saturated carbocycles. The molecule has 9 nitrogen and oxygen atoms in total. The van der Waals surface area contributed by atoms with E-state index in [1.807, 2.05) is 57.2 Å². The van der Waals surface area contributed by atoms with Gasteiger partial charge in [-0.2, -0.15) is 0 Å². The zero-order valence-electron chi connectivity index (χ0n) is 29.5. The van der Waals surface area contributed by atoms with E-state index in [0.717, 1.165) is 21.9 Å². The SMILES string of the molecule is C.CCl.Cc1cccc2c(O)cc3c(c12)CCN3C(=O)c1cn2cc(NC(=O)c3ccc(OC(C)(C)CCO)cc3)ccc2n1.Cc1ccccc1. The van der Waals surface area contributed by atoms with Crippen LogP contribution < -0.4 is 15.0 Å². The maximum absolute atomic E-state index is 13.6. The molecular weight excluding hydrogens is 676 g/mol. The van der Waals surface area contributed by atoms with E-state index in [1.54, 1.807) is 64.2 Å². The topological polar surface area (TPSA) is 116 Å². The molecule has 0 spiro atoms. The predicted octanol–water partition coefficient (Wildman–Crippen LogP) is 8.98. The standard InChI is InChI=1S/C33H32N4O5.C7H8.CH3Cl.CH4/c1-20-5-4-6-25-28(39)17-27-24(30(20)25)13-15-37(27)32(41)26-19-36-18-22(9-12-29(36)35-26)34-31(40)21-7-10-23(11-8-21)42-33(2,3)14-16-38;1-7-5-3-2-4-6-7;1-2;/h4-12,17-19,38-39H,13-16H2,1-3H3,(H,34,40);2-6H,1H3;1H3;1H4. The number of anilines is 2. The lowest BCUT2D eigenvalue weighted by molar-refractivity contribution is 0.0765. The number of rotatable bonds is 7. The summed E-state index contributed by atoms with van der Waals surface area (Å²) >= 11 is 4.64. The number of carbonyl (C=O) groups is 2. The Morgan fingerprint density at radius 2 is 1.65 bits per heavy atom. The van der Waals surface area contributed by atoms with Crippen molar-refractivity contribution in [3.05, 3.63) is 131 Å². The van der Waals surface area contributed by atoms with Crippen LogP contribution in [0.1, 0.15) is 65.2 Å². The number of nitrogens with one attached hydrogen (secondary N) is 1. The summed E-state index contributed by atoms with van der Waals surface area (Å²) in [6, 6.07) is 28.1. The molecule has 0 unspecified atom stereocenters. The Balaban J connectivity index is 0.000000536. The lowest BCUT2D eigenvalue weighted by Gasteiger charge is -2.25. The van der Waals surface area contributed by atoms with Crippen molar-refractivity contribution in [2.75, 3.05) is 29.8 Å². The van der Waals surface area contributed by atoms with Gasteiger partial charge in [0.25, 0.3) is 11.8 Å². The maximum Gasteiger partial charge on any atom is 0.278 e. The van der Waals surface area contributed by atoms with Gasteiger partial charge in [0.15, 0.2) is 0 Å². The van der Waals surface area contributed by atoms with Crippen LogP contribution in [0.5, 0.6) is 11.5 Å². The molecule has 52 heavy (non-hydrogen) atoms. The fraction of sp³-hybridized carbons (Fsp3) is 0.262. The third-order valence-corrected chi connectivity index (χ3v) is 8.65. The molecule has 0 radical (unpaired) electrons. The number of ether oxygens (including phenoxy) is 1. The lowest BCUT2D eigenvalue weighted by Crippen LogP contribution is -2.29. The molecule has 272 valence electrons. The number of aliphatic hydroxyl groups excluding tert-OH is 1. The maximum atomic E-state index is 13.6. The van der Waals surface area contributed by atoms with Crippen molar-refractivity contribution in [1.29, 1.82) is 0 Å². The summed E-state index contributed by atoms with van der Waals surface area (Å²) < 4.78 is 7.62. The second-order valence-electron chi connectivity index (χ2n) is 12.9. The first-order chi connectivity index (χ1) is 24.5. The van der Waals surface area contributed by atoms with Crippen LogP contribution in [0.25, 0.3) is 16.4 Å². The number of hydrogen-bond donors (Lipinski definition) is 3. The molecule has 0 atom stereocenters. The minimum atomic E-state index is -0.521. The molecule has 3 N–H and O–H groups in total. The number of imidazole rings is 1. The summed E-state index contributed by atoms with van der Waals surface area (Å²) in [5.41, 5.74) is 5.47. The highest BCUT2D eigenvalue weighted by Crippen LogP contribution is 2.41.